The first kappa shape index (κ1) is 22.2. The average molecular weight is 524 g/mol. The van der Waals surface area contributed by atoms with Gasteiger partial charge in [-0.3, -0.25) is 0 Å². The van der Waals surface area contributed by atoms with Crippen LogP contribution < -0.4 is 0 Å². The van der Waals surface area contributed by atoms with Crippen LogP contribution in [0, 0.1) is 0 Å². The van der Waals surface area contributed by atoms with E-state index in [1.54, 1.807) is 6.49 Å². The van der Waals surface area contributed by atoms with Crippen molar-refractivity contribution in [3.8, 4) is 11.1 Å². The van der Waals surface area contributed by atoms with Crippen LogP contribution in [0.3, 0.4) is 0 Å². The second-order valence-electron chi connectivity index (χ2n) is 8.45. The predicted octanol–water partition coefficient (Wildman–Crippen LogP) is 7.91. The van der Waals surface area contributed by atoms with Gasteiger partial charge in [0.1, 0.15) is 0 Å². The van der Waals surface area contributed by atoms with Crippen molar-refractivity contribution in [2.24, 2.45) is 0 Å². The van der Waals surface area contributed by atoms with Crippen LogP contribution >= 0.6 is 12.4 Å². The molecule has 2 aliphatic rings. The van der Waals surface area contributed by atoms with Gasteiger partial charge in [-0.15, -0.1) is 12.4 Å². The number of fused-ring (bicyclic) bond motifs is 3. The monoisotopic (exact) mass is 522 g/mol. The molecule has 0 fully saturated rings. The summed E-state index contributed by atoms with van der Waals surface area (Å²) in [7, 11) is 0. The van der Waals surface area contributed by atoms with E-state index in [9.17, 15) is 0 Å². The van der Waals surface area contributed by atoms with E-state index in [2.05, 4.69) is 127 Å². The Bertz CT molecular complexity index is 1290. The molecule has 0 aliphatic heterocycles. The summed E-state index contributed by atoms with van der Waals surface area (Å²) in [5.41, 5.74) is 8.70. The normalized spacial score (nSPS) is 13.6. The first-order valence-corrected chi connectivity index (χ1v) is 15.2. The third-order valence-corrected chi connectivity index (χ3v) is 14.9. The molecule has 0 atom stereocenters. The summed E-state index contributed by atoms with van der Waals surface area (Å²) >= 11 is -2.47. The molecule has 0 saturated heterocycles. The third-order valence-electron chi connectivity index (χ3n) is 6.63. The number of hydrogen-bond acceptors (Lipinski definition) is 0. The summed E-state index contributed by atoms with van der Waals surface area (Å²) in [6.45, 7) is 0. The van der Waals surface area contributed by atoms with Crippen molar-refractivity contribution >= 4 is 15.6 Å². The maximum absolute atomic E-state index is 2.47. The van der Waals surface area contributed by atoms with Crippen molar-refractivity contribution < 1.29 is 21.3 Å². The molecule has 33 heavy (non-hydrogen) atoms. The molecule has 0 radical (unpaired) electrons. The summed E-state index contributed by atoms with van der Waals surface area (Å²) in [5, 5.41) is 0. The second-order valence-corrected chi connectivity index (χ2v) is 14.7. The van der Waals surface area contributed by atoms with Crippen LogP contribution in [0.5, 0.6) is 0 Å². The van der Waals surface area contributed by atoms with Crippen molar-refractivity contribution in [1.82, 2.24) is 0 Å². The number of hydrogen-bond donors (Lipinski definition) is 0. The molecule has 0 spiro atoms. The zero-order valence-corrected chi connectivity index (χ0v) is 21.6. The Morgan fingerprint density at radius 2 is 1.09 bits per heavy atom. The van der Waals surface area contributed by atoms with Crippen molar-refractivity contribution in [1.29, 1.82) is 0 Å². The summed E-state index contributed by atoms with van der Waals surface area (Å²) < 4.78 is 3.79. The Morgan fingerprint density at radius 3 is 1.58 bits per heavy atom. The molecule has 160 valence electrons. The molecule has 0 aromatic heterocycles. The fourth-order valence-corrected chi connectivity index (χ4v) is 14.3. The molecule has 0 bridgehead atoms. The van der Waals surface area contributed by atoms with Gasteiger partial charge in [0.15, 0.2) is 0 Å². The van der Waals surface area contributed by atoms with Crippen LogP contribution in [0.15, 0.2) is 131 Å². The average Bonchev–Trinajstić information content (AvgIpc) is 3.51. The van der Waals surface area contributed by atoms with E-state index in [-0.39, 0.29) is 12.4 Å². The van der Waals surface area contributed by atoms with Crippen LogP contribution in [-0.4, -0.2) is 3.21 Å². The predicted molar refractivity (Wildman–Crippen MR) is 139 cm³/mol. The van der Waals surface area contributed by atoms with Gasteiger partial charge >= 0.3 is 199 Å². The molecule has 4 aromatic carbocycles. The van der Waals surface area contributed by atoms with Gasteiger partial charge in [0.05, 0.1) is 0 Å². The quantitative estimate of drug-likeness (QED) is 0.255. The van der Waals surface area contributed by atoms with E-state index in [4.69, 9.17) is 0 Å². The van der Waals surface area contributed by atoms with E-state index in [1.807, 2.05) is 0 Å². The second kappa shape index (κ2) is 9.72. The maximum Gasteiger partial charge on any atom is -0.147 e. The molecular formula is C31H25ClZr. The Morgan fingerprint density at radius 1 is 0.606 bits per heavy atom. The fraction of sp³-hybridized carbons (Fsp3) is 0.0645. The minimum absolute atomic E-state index is 0. The Balaban J connectivity index is 0.00000228. The van der Waals surface area contributed by atoms with Crippen LogP contribution in [0.25, 0.3) is 11.1 Å². The summed E-state index contributed by atoms with van der Waals surface area (Å²) in [5.74, 6) is 0. The van der Waals surface area contributed by atoms with Gasteiger partial charge in [-0.25, -0.2) is 0 Å². The number of halogens is 1. The SMILES string of the molecule is C1=CC[C]([Zr](=[C](c2ccccc2)c2ccccc2)[CH]2c3ccccc3-c3ccccc32)=C1.Cl. The molecule has 0 N–H and O–H groups in total. The summed E-state index contributed by atoms with van der Waals surface area (Å²) in [6, 6.07) is 40.5. The van der Waals surface area contributed by atoms with Crippen molar-refractivity contribution in [2.45, 2.75) is 10.0 Å². The van der Waals surface area contributed by atoms with Crippen molar-refractivity contribution in [2.75, 3.05) is 0 Å². The molecule has 0 heterocycles. The smallest absolute Gasteiger partial charge is 0.147 e. The van der Waals surface area contributed by atoms with E-state index >= 15 is 0 Å². The first-order chi connectivity index (χ1) is 15.9. The van der Waals surface area contributed by atoms with Crippen molar-refractivity contribution in [3.05, 3.63) is 153 Å². The topological polar surface area (TPSA) is 0 Å². The summed E-state index contributed by atoms with van der Waals surface area (Å²) in [6.07, 6.45) is 8.15. The number of benzene rings is 4. The molecule has 4 aromatic rings. The maximum atomic E-state index is 2.43. The van der Waals surface area contributed by atoms with E-state index < -0.39 is 21.3 Å². The van der Waals surface area contributed by atoms with Gasteiger partial charge in [0, 0.05) is 0 Å². The molecular weight excluding hydrogens is 499 g/mol. The molecule has 0 unspecified atom stereocenters. The zero-order chi connectivity index (χ0) is 21.3. The fourth-order valence-electron chi connectivity index (χ4n) is 5.29. The first-order valence-electron chi connectivity index (χ1n) is 11.3. The van der Waals surface area contributed by atoms with Crippen molar-refractivity contribution in [3.63, 3.8) is 0 Å². The number of rotatable bonds is 4. The molecule has 0 amide bonds. The largest absolute Gasteiger partial charge is 0.147 e. The van der Waals surface area contributed by atoms with Gasteiger partial charge in [-0.2, -0.15) is 0 Å². The van der Waals surface area contributed by atoms with Crippen LogP contribution in [-0.2, 0) is 21.3 Å². The molecule has 6 rings (SSSR count). The minimum atomic E-state index is -2.47. The van der Waals surface area contributed by atoms with Gasteiger partial charge in [-0.05, 0) is 0 Å². The minimum Gasteiger partial charge on any atom is -0.147 e. The van der Waals surface area contributed by atoms with Gasteiger partial charge in [-0.1, -0.05) is 0 Å². The van der Waals surface area contributed by atoms with Gasteiger partial charge < -0.3 is 0 Å². The standard InChI is InChI=1S/C13H9.C13H10.C5H5.ClH.Zr/c1-3-7-12-10(5-1)9-11-6-2-4-8-13(11)12;1-3-7-12(8-4-1)11-13-9-5-2-6-10-13;1-2-4-5-3-1;;/h1-9H;1-10H;1-3H,4H2;1H;. The molecule has 2 heteroatoms. The van der Waals surface area contributed by atoms with Gasteiger partial charge in [0.25, 0.3) is 0 Å². The van der Waals surface area contributed by atoms with Gasteiger partial charge in [0.2, 0.25) is 0 Å². The molecule has 0 saturated carbocycles. The Kier molecular flexibility index (Phi) is 6.54. The zero-order valence-electron chi connectivity index (χ0n) is 18.3. The third kappa shape index (κ3) is 3.99. The summed E-state index contributed by atoms with van der Waals surface area (Å²) in [4.78, 5) is 0. The van der Waals surface area contributed by atoms with E-state index in [0.717, 1.165) is 6.42 Å². The number of allylic oxidation sites excluding steroid dienone is 4. The molecule has 2 aliphatic carbocycles. The Labute approximate surface area is 209 Å². The van der Waals surface area contributed by atoms with E-state index in [1.165, 1.54) is 33.4 Å². The molecule has 0 nitrogen and oxygen atoms in total. The van der Waals surface area contributed by atoms with Crippen LogP contribution in [0.2, 0.25) is 0 Å². The van der Waals surface area contributed by atoms with E-state index in [0.29, 0.717) is 3.63 Å². The van der Waals surface area contributed by atoms with Crippen LogP contribution in [0.1, 0.15) is 32.3 Å². The van der Waals surface area contributed by atoms with Crippen LogP contribution in [0.4, 0.5) is 0 Å². The Hall–Kier alpha value is -2.60.